The van der Waals surface area contributed by atoms with Gasteiger partial charge in [0, 0.05) is 24.6 Å². The quantitative estimate of drug-likeness (QED) is 0.611. The summed E-state index contributed by atoms with van der Waals surface area (Å²) in [6.07, 6.45) is 2.42. The van der Waals surface area contributed by atoms with E-state index in [2.05, 4.69) is 6.07 Å². The number of halogens is 1. The van der Waals surface area contributed by atoms with Gasteiger partial charge in [-0.1, -0.05) is 31.2 Å². The standard InChI is InChI=1S/C26H32FNO3/c1-18(24(29)16-19-7-10-22(27)11-8-19)20-9-12-23-21(17-20)6-5-14-28(23)25(30)13-15-31-26(2,3)4/h7-12,17-18H,5-6,13-16H2,1-4H3/t18-/m0/s1. The van der Waals surface area contributed by atoms with Crippen LogP contribution in [-0.4, -0.2) is 30.4 Å². The van der Waals surface area contributed by atoms with Crippen LogP contribution in [0.5, 0.6) is 0 Å². The van der Waals surface area contributed by atoms with Crippen LogP contribution >= 0.6 is 0 Å². The first-order valence-corrected chi connectivity index (χ1v) is 11.0. The normalized spacial score (nSPS) is 14.8. The molecule has 0 aliphatic carbocycles. The van der Waals surface area contributed by atoms with Gasteiger partial charge in [0.2, 0.25) is 5.91 Å². The number of carbonyl (C=O) groups excluding carboxylic acids is 2. The zero-order chi connectivity index (χ0) is 22.6. The first-order chi connectivity index (χ1) is 14.6. The zero-order valence-electron chi connectivity index (χ0n) is 18.9. The molecule has 5 heteroatoms. The molecule has 1 atom stereocenters. The Morgan fingerprint density at radius 1 is 1.13 bits per heavy atom. The molecule has 0 fully saturated rings. The number of Topliss-reactive ketones (excluding diaryl/α,β-unsaturated/α-hetero) is 1. The molecule has 0 saturated carbocycles. The van der Waals surface area contributed by atoms with Crippen LogP contribution in [0.15, 0.2) is 42.5 Å². The number of amides is 1. The molecular formula is C26H32FNO3. The predicted molar refractivity (Wildman–Crippen MR) is 121 cm³/mol. The molecule has 1 aliphatic heterocycles. The maximum atomic E-state index is 13.1. The van der Waals surface area contributed by atoms with Crippen molar-refractivity contribution in [2.45, 2.75) is 64.9 Å². The Morgan fingerprint density at radius 3 is 2.52 bits per heavy atom. The van der Waals surface area contributed by atoms with E-state index in [1.165, 1.54) is 12.1 Å². The van der Waals surface area contributed by atoms with Crippen LogP contribution < -0.4 is 4.90 Å². The largest absolute Gasteiger partial charge is 0.375 e. The average molecular weight is 426 g/mol. The number of nitrogens with zero attached hydrogens (tertiary/aromatic N) is 1. The Kier molecular flexibility index (Phi) is 7.26. The molecular weight excluding hydrogens is 393 g/mol. The summed E-state index contributed by atoms with van der Waals surface area (Å²) >= 11 is 0. The third-order valence-electron chi connectivity index (χ3n) is 5.65. The zero-order valence-corrected chi connectivity index (χ0v) is 18.9. The smallest absolute Gasteiger partial charge is 0.229 e. The number of ketones is 1. The number of ether oxygens (including phenoxy) is 1. The number of hydrogen-bond donors (Lipinski definition) is 0. The van der Waals surface area contributed by atoms with E-state index in [4.69, 9.17) is 4.74 Å². The summed E-state index contributed by atoms with van der Waals surface area (Å²) in [5.41, 5.74) is 3.55. The van der Waals surface area contributed by atoms with Gasteiger partial charge in [-0.25, -0.2) is 4.39 Å². The lowest BCUT2D eigenvalue weighted by molar-refractivity contribution is -0.121. The van der Waals surface area contributed by atoms with Crippen LogP contribution in [0.2, 0.25) is 0 Å². The van der Waals surface area contributed by atoms with Crippen molar-refractivity contribution in [2.24, 2.45) is 0 Å². The van der Waals surface area contributed by atoms with Gasteiger partial charge in [0.1, 0.15) is 11.6 Å². The first kappa shape index (κ1) is 23.1. The molecule has 0 spiro atoms. The minimum atomic E-state index is -0.303. The van der Waals surface area contributed by atoms with Crippen molar-refractivity contribution < 1.29 is 18.7 Å². The van der Waals surface area contributed by atoms with Crippen molar-refractivity contribution in [1.29, 1.82) is 0 Å². The lowest BCUT2D eigenvalue weighted by Gasteiger charge is -2.31. The van der Waals surface area contributed by atoms with Gasteiger partial charge in [-0.15, -0.1) is 0 Å². The van der Waals surface area contributed by atoms with Gasteiger partial charge in [-0.05, 0) is 68.5 Å². The molecule has 0 N–H and O–H groups in total. The maximum Gasteiger partial charge on any atom is 0.229 e. The lowest BCUT2D eigenvalue weighted by Crippen LogP contribution is -2.36. The Balaban J connectivity index is 1.68. The van der Waals surface area contributed by atoms with Gasteiger partial charge in [-0.2, -0.15) is 0 Å². The molecule has 0 aromatic heterocycles. The molecule has 1 amide bonds. The second-order valence-corrected chi connectivity index (χ2v) is 9.24. The predicted octanol–water partition coefficient (Wildman–Crippen LogP) is 5.23. The Morgan fingerprint density at radius 2 is 1.84 bits per heavy atom. The Hall–Kier alpha value is -2.53. The van der Waals surface area contributed by atoms with E-state index in [1.54, 1.807) is 12.1 Å². The van der Waals surface area contributed by atoms with Gasteiger partial charge in [0.15, 0.2) is 0 Å². The van der Waals surface area contributed by atoms with E-state index >= 15 is 0 Å². The molecule has 0 radical (unpaired) electrons. The number of carbonyl (C=O) groups is 2. The number of aryl methyl sites for hydroxylation is 1. The van der Waals surface area contributed by atoms with E-state index in [1.807, 2.05) is 44.7 Å². The lowest BCUT2D eigenvalue weighted by atomic mass is 9.89. The van der Waals surface area contributed by atoms with Crippen molar-refractivity contribution >= 4 is 17.4 Å². The van der Waals surface area contributed by atoms with Crippen LogP contribution in [0.4, 0.5) is 10.1 Å². The fourth-order valence-electron chi connectivity index (χ4n) is 3.87. The topological polar surface area (TPSA) is 46.6 Å². The average Bonchev–Trinajstić information content (AvgIpc) is 2.73. The van der Waals surface area contributed by atoms with Gasteiger partial charge in [0.25, 0.3) is 0 Å². The fraction of sp³-hybridized carbons (Fsp3) is 0.462. The molecule has 2 aromatic rings. The monoisotopic (exact) mass is 425 g/mol. The van der Waals surface area contributed by atoms with Crippen molar-refractivity contribution in [1.82, 2.24) is 0 Å². The second kappa shape index (κ2) is 9.73. The highest BCUT2D eigenvalue weighted by atomic mass is 19.1. The van der Waals surface area contributed by atoms with E-state index < -0.39 is 0 Å². The third-order valence-corrected chi connectivity index (χ3v) is 5.65. The minimum Gasteiger partial charge on any atom is -0.375 e. The maximum absolute atomic E-state index is 13.1. The summed E-state index contributed by atoms with van der Waals surface area (Å²) in [4.78, 5) is 27.4. The van der Waals surface area contributed by atoms with Gasteiger partial charge in [0.05, 0.1) is 18.6 Å². The van der Waals surface area contributed by atoms with Gasteiger partial charge < -0.3 is 9.64 Å². The Bertz CT molecular complexity index is 931. The number of fused-ring (bicyclic) bond motifs is 1. The van der Waals surface area contributed by atoms with E-state index in [9.17, 15) is 14.0 Å². The summed E-state index contributed by atoms with van der Waals surface area (Å²) in [5, 5.41) is 0. The van der Waals surface area contributed by atoms with Crippen LogP contribution in [0.1, 0.15) is 63.1 Å². The van der Waals surface area contributed by atoms with Crippen molar-refractivity contribution in [3.8, 4) is 0 Å². The highest BCUT2D eigenvalue weighted by Crippen LogP contribution is 2.31. The molecule has 0 bridgehead atoms. The second-order valence-electron chi connectivity index (χ2n) is 9.24. The summed E-state index contributed by atoms with van der Waals surface area (Å²) in [5.74, 6) is -0.405. The molecule has 3 rings (SSSR count). The number of anilines is 1. The molecule has 1 aliphatic rings. The summed E-state index contributed by atoms with van der Waals surface area (Å²) in [7, 11) is 0. The SMILES string of the molecule is C[C@H](C(=O)Cc1ccc(F)cc1)c1ccc2c(c1)CCCN2C(=O)CCOC(C)(C)C. The molecule has 2 aromatic carbocycles. The minimum absolute atomic E-state index is 0.0679. The van der Waals surface area contributed by atoms with E-state index in [0.29, 0.717) is 19.6 Å². The first-order valence-electron chi connectivity index (χ1n) is 11.0. The van der Waals surface area contributed by atoms with Crippen LogP contribution in [-0.2, 0) is 27.2 Å². The van der Waals surface area contributed by atoms with Crippen LogP contribution in [0.25, 0.3) is 0 Å². The van der Waals surface area contributed by atoms with Crippen LogP contribution in [0, 0.1) is 5.82 Å². The van der Waals surface area contributed by atoms with E-state index in [-0.39, 0.29) is 35.4 Å². The summed E-state index contributed by atoms with van der Waals surface area (Å²) in [6, 6.07) is 12.0. The van der Waals surface area contributed by atoms with Gasteiger partial charge >= 0.3 is 0 Å². The van der Waals surface area contributed by atoms with Crippen LogP contribution in [0.3, 0.4) is 0 Å². The number of benzene rings is 2. The summed E-state index contributed by atoms with van der Waals surface area (Å²) < 4.78 is 18.8. The molecule has 0 saturated heterocycles. The molecule has 4 nitrogen and oxygen atoms in total. The molecule has 31 heavy (non-hydrogen) atoms. The van der Waals surface area contributed by atoms with E-state index in [0.717, 1.165) is 35.2 Å². The van der Waals surface area contributed by atoms with Gasteiger partial charge in [-0.3, -0.25) is 9.59 Å². The highest BCUT2D eigenvalue weighted by molar-refractivity contribution is 5.95. The number of hydrogen-bond acceptors (Lipinski definition) is 3. The fourth-order valence-corrected chi connectivity index (χ4v) is 3.87. The molecule has 0 unspecified atom stereocenters. The Labute approximate surface area is 184 Å². The molecule has 166 valence electrons. The highest BCUT2D eigenvalue weighted by Gasteiger charge is 2.25. The third kappa shape index (κ3) is 6.23. The number of rotatable bonds is 7. The van der Waals surface area contributed by atoms with Crippen molar-refractivity contribution in [3.05, 3.63) is 65.0 Å². The summed E-state index contributed by atoms with van der Waals surface area (Å²) in [6.45, 7) is 8.96. The van der Waals surface area contributed by atoms with Crippen molar-refractivity contribution in [2.75, 3.05) is 18.1 Å². The molecule has 1 heterocycles. The van der Waals surface area contributed by atoms with Crippen molar-refractivity contribution in [3.63, 3.8) is 0 Å².